The lowest BCUT2D eigenvalue weighted by Crippen LogP contribution is -2.23. The van der Waals surface area contributed by atoms with Gasteiger partial charge in [0.25, 0.3) is 0 Å². The summed E-state index contributed by atoms with van der Waals surface area (Å²) < 4.78 is 21.0. The smallest absolute Gasteiger partial charge is 0.406 e. The van der Waals surface area contributed by atoms with E-state index in [1.165, 1.54) is 7.05 Å². The monoisotopic (exact) mass is 628 g/mol. The number of carbonyl (C=O) groups is 3. The molecular weight excluding hydrogens is 576 g/mol. The van der Waals surface area contributed by atoms with Gasteiger partial charge in [-0.2, -0.15) is 0 Å². The summed E-state index contributed by atoms with van der Waals surface area (Å²) in [6.45, 7) is 9.51. The maximum absolute atomic E-state index is 13.3. The molecule has 0 aromatic heterocycles. The predicted octanol–water partition coefficient (Wildman–Crippen LogP) is 5.03. The van der Waals surface area contributed by atoms with E-state index in [1.807, 2.05) is 51.1 Å². The van der Waals surface area contributed by atoms with Crippen LogP contribution in [0.1, 0.15) is 85.8 Å². The molecule has 250 valence electrons. The van der Waals surface area contributed by atoms with Crippen molar-refractivity contribution in [1.29, 1.82) is 0 Å². The van der Waals surface area contributed by atoms with Crippen LogP contribution in [0.3, 0.4) is 0 Å². The molecule has 2 atom stereocenters. The second-order valence-electron chi connectivity index (χ2n) is 10.8. The Bertz CT molecular complexity index is 1200. The van der Waals surface area contributed by atoms with Gasteiger partial charge in [0, 0.05) is 78.1 Å². The quantitative estimate of drug-likeness (QED) is 0.146. The van der Waals surface area contributed by atoms with Crippen molar-refractivity contribution >= 4 is 17.8 Å². The zero-order valence-corrected chi connectivity index (χ0v) is 27.6. The minimum absolute atomic E-state index is 0.00778. The number of alkyl carbamates (subject to hydrolysis) is 1. The van der Waals surface area contributed by atoms with Crippen molar-refractivity contribution in [2.75, 3.05) is 60.3 Å². The third-order valence-electron chi connectivity index (χ3n) is 7.46. The van der Waals surface area contributed by atoms with Gasteiger partial charge in [-0.15, -0.1) is 0 Å². The molecule has 0 fully saturated rings. The number of ether oxygens (including phenoxy) is 4. The molecule has 2 aromatic rings. The van der Waals surface area contributed by atoms with Crippen LogP contribution in [0.4, 0.5) is 4.79 Å². The number of aliphatic hydroxyl groups excluding tert-OH is 1. The van der Waals surface area contributed by atoms with Gasteiger partial charge in [0.15, 0.2) is 5.78 Å². The Morgan fingerprint density at radius 1 is 1.00 bits per heavy atom. The summed E-state index contributed by atoms with van der Waals surface area (Å²) in [5.74, 6) is -0.162. The first-order chi connectivity index (χ1) is 21.8. The number of Topliss-reactive ketones (excluding diaryl/α,β-unsaturated/α-hetero) is 1. The standard InChI is InChI=1S/C29H38N2O6.C6H14O2/c1-4-31-27(34)13-11-20-10-12-22-24(17-20)25(18-37-29(35)30-3)21-7-5-8-23(28(21)22)26(33)9-6-16-36-19(2)14-15-32;1-3-8-6-4-5-7-2/h5,7-8,10,12,17,19,25,32H,4,6,9,11,13-16,18H2,1-3H3,(H,30,35)(H,31,34);3-6H2,1-2H3. The Labute approximate surface area is 268 Å². The minimum atomic E-state index is -0.509. The zero-order valence-electron chi connectivity index (χ0n) is 27.6. The molecule has 3 N–H and O–H groups in total. The van der Waals surface area contributed by atoms with Crippen LogP contribution in [0.15, 0.2) is 36.4 Å². The molecule has 0 radical (unpaired) electrons. The van der Waals surface area contributed by atoms with Crippen LogP contribution >= 0.6 is 0 Å². The molecule has 0 bridgehead atoms. The lowest BCUT2D eigenvalue weighted by molar-refractivity contribution is -0.120. The number of benzene rings is 2. The van der Waals surface area contributed by atoms with Crippen molar-refractivity contribution in [3.63, 3.8) is 0 Å². The summed E-state index contributed by atoms with van der Waals surface area (Å²) >= 11 is 0. The number of carbonyl (C=O) groups excluding carboxylic acids is 3. The summed E-state index contributed by atoms with van der Waals surface area (Å²) in [6, 6.07) is 11.8. The summed E-state index contributed by atoms with van der Waals surface area (Å²) in [5, 5.41) is 14.3. The molecule has 0 aliphatic heterocycles. The molecule has 3 rings (SSSR count). The summed E-state index contributed by atoms with van der Waals surface area (Å²) in [6.07, 6.45) is 2.95. The third kappa shape index (κ3) is 12.5. The van der Waals surface area contributed by atoms with Crippen molar-refractivity contribution in [3.05, 3.63) is 58.7 Å². The van der Waals surface area contributed by atoms with Gasteiger partial charge >= 0.3 is 6.09 Å². The first-order valence-electron chi connectivity index (χ1n) is 16.0. The Hall–Kier alpha value is -3.31. The summed E-state index contributed by atoms with van der Waals surface area (Å²) in [5.41, 5.74) is 5.47. The SMILES string of the molecule is CCNC(=O)CCc1ccc2c(c1)C(COC(=O)NC)c1cccc(C(=O)CCCOC(C)CCO)c1-2.CCOCCCOC. The number of aliphatic hydroxyl groups is 1. The molecule has 45 heavy (non-hydrogen) atoms. The van der Waals surface area contributed by atoms with Gasteiger partial charge in [0.1, 0.15) is 6.61 Å². The van der Waals surface area contributed by atoms with Gasteiger partial charge in [-0.3, -0.25) is 9.59 Å². The molecule has 10 nitrogen and oxygen atoms in total. The normalized spacial score (nSPS) is 13.6. The first-order valence-corrected chi connectivity index (χ1v) is 16.0. The van der Waals surface area contributed by atoms with Gasteiger partial charge in [0.05, 0.1) is 6.10 Å². The van der Waals surface area contributed by atoms with E-state index >= 15 is 0 Å². The predicted molar refractivity (Wildman–Crippen MR) is 175 cm³/mol. The number of nitrogens with one attached hydrogen (secondary N) is 2. The molecule has 0 heterocycles. The van der Waals surface area contributed by atoms with Crippen molar-refractivity contribution in [2.45, 2.75) is 71.3 Å². The average Bonchev–Trinajstić information content (AvgIpc) is 3.36. The number of hydrogen-bond acceptors (Lipinski definition) is 8. The fourth-order valence-corrected chi connectivity index (χ4v) is 5.17. The highest BCUT2D eigenvalue weighted by molar-refractivity contribution is 6.04. The van der Waals surface area contributed by atoms with Crippen LogP contribution in [0.25, 0.3) is 11.1 Å². The molecule has 0 spiro atoms. The van der Waals surface area contributed by atoms with Crippen LogP contribution in [0.2, 0.25) is 0 Å². The molecule has 2 amide bonds. The molecule has 2 unspecified atom stereocenters. The highest BCUT2D eigenvalue weighted by Crippen LogP contribution is 2.47. The van der Waals surface area contributed by atoms with Crippen LogP contribution < -0.4 is 10.6 Å². The number of rotatable bonds is 19. The second kappa shape index (κ2) is 21.4. The molecule has 10 heteroatoms. The van der Waals surface area contributed by atoms with Crippen LogP contribution in [-0.2, 0) is 30.2 Å². The Balaban J connectivity index is 0.000000777. The fraction of sp³-hybridized carbons (Fsp3) is 0.571. The van der Waals surface area contributed by atoms with Gasteiger partial charge in [-0.05, 0) is 74.3 Å². The Morgan fingerprint density at radius 2 is 1.80 bits per heavy atom. The second-order valence-corrected chi connectivity index (χ2v) is 10.8. The van der Waals surface area contributed by atoms with E-state index in [-0.39, 0.29) is 36.9 Å². The number of hydrogen-bond donors (Lipinski definition) is 3. The van der Waals surface area contributed by atoms with Crippen molar-refractivity contribution in [3.8, 4) is 11.1 Å². The number of amides is 2. The van der Waals surface area contributed by atoms with Crippen LogP contribution in [0.5, 0.6) is 0 Å². The maximum atomic E-state index is 13.3. The lowest BCUT2D eigenvalue weighted by Gasteiger charge is -2.15. The number of methoxy groups -OCH3 is 1. The highest BCUT2D eigenvalue weighted by atomic mass is 16.5. The minimum Gasteiger partial charge on any atom is -0.449 e. The summed E-state index contributed by atoms with van der Waals surface area (Å²) in [7, 11) is 3.22. The highest BCUT2D eigenvalue weighted by Gasteiger charge is 2.33. The number of ketones is 1. The van der Waals surface area contributed by atoms with Crippen molar-refractivity contribution in [2.24, 2.45) is 0 Å². The zero-order chi connectivity index (χ0) is 33.0. The molecule has 0 saturated heterocycles. The van der Waals surface area contributed by atoms with Gasteiger partial charge in [0.2, 0.25) is 5.91 Å². The van der Waals surface area contributed by atoms with E-state index in [9.17, 15) is 14.4 Å². The Morgan fingerprint density at radius 3 is 2.49 bits per heavy atom. The van der Waals surface area contributed by atoms with E-state index in [2.05, 4.69) is 16.7 Å². The van der Waals surface area contributed by atoms with Gasteiger partial charge in [-0.25, -0.2) is 4.79 Å². The van der Waals surface area contributed by atoms with E-state index < -0.39 is 6.09 Å². The molecule has 0 saturated carbocycles. The van der Waals surface area contributed by atoms with Gasteiger partial charge in [-0.1, -0.05) is 36.4 Å². The Kier molecular flexibility index (Phi) is 18.0. The number of fused-ring (bicyclic) bond motifs is 3. The first kappa shape index (κ1) is 37.9. The third-order valence-corrected chi connectivity index (χ3v) is 7.46. The van der Waals surface area contributed by atoms with Crippen LogP contribution in [-0.4, -0.2) is 89.3 Å². The van der Waals surface area contributed by atoms with Crippen molar-refractivity contribution in [1.82, 2.24) is 10.6 Å². The molecule has 1 aliphatic carbocycles. The molecule has 1 aliphatic rings. The molecule has 2 aromatic carbocycles. The lowest BCUT2D eigenvalue weighted by atomic mass is 9.93. The van der Waals surface area contributed by atoms with E-state index in [4.69, 9.17) is 24.1 Å². The topological polar surface area (TPSA) is 132 Å². The van der Waals surface area contributed by atoms with E-state index in [1.54, 1.807) is 7.11 Å². The largest absolute Gasteiger partial charge is 0.449 e. The summed E-state index contributed by atoms with van der Waals surface area (Å²) in [4.78, 5) is 37.1. The van der Waals surface area contributed by atoms with E-state index in [0.717, 1.165) is 54.1 Å². The van der Waals surface area contributed by atoms with Gasteiger partial charge < -0.3 is 34.7 Å². The fourth-order valence-electron chi connectivity index (χ4n) is 5.17. The average molecular weight is 629 g/mol. The van der Waals surface area contributed by atoms with E-state index in [0.29, 0.717) is 50.8 Å². The van der Waals surface area contributed by atoms with Crippen molar-refractivity contribution < 1.29 is 38.4 Å². The van der Waals surface area contributed by atoms with Crippen LogP contribution in [0, 0.1) is 0 Å². The maximum Gasteiger partial charge on any atom is 0.406 e. The number of aryl methyl sites for hydroxylation is 1. The molecular formula is C35H52N2O8.